The van der Waals surface area contributed by atoms with Gasteiger partial charge in [-0.15, -0.1) is 0 Å². The maximum atomic E-state index is 12.6. The molecule has 0 radical (unpaired) electrons. The summed E-state index contributed by atoms with van der Waals surface area (Å²) in [6.45, 7) is 1.43. The summed E-state index contributed by atoms with van der Waals surface area (Å²) in [6.07, 6.45) is 1.01. The Hall–Kier alpha value is -3.67. The molecule has 6 nitrogen and oxygen atoms in total. The largest absolute Gasteiger partial charge is 0.497 e. The summed E-state index contributed by atoms with van der Waals surface area (Å²) in [4.78, 5) is 17.1. The number of amides is 2. The van der Waals surface area contributed by atoms with E-state index in [1.807, 2.05) is 38.4 Å². The first-order valence-corrected chi connectivity index (χ1v) is 10.9. The number of para-hydroxylation sites is 1. The van der Waals surface area contributed by atoms with Gasteiger partial charge in [0.25, 0.3) is 0 Å². The van der Waals surface area contributed by atoms with Crippen molar-refractivity contribution in [2.24, 2.45) is 0 Å². The van der Waals surface area contributed by atoms with Gasteiger partial charge in [0.05, 0.1) is 13.2 Å². The number of urea groups is 1. The first-order valence-electron chi connectivity index (χ1n) is 10.9. The minimum absolute atomic E-state index is 0.0384. The first kappa shape index (κ1) is 21.6. The van der Waals surface area contributed by atoms with E-state index in [-0.39, 0.29) is 12.1 Å². The zero-order valence-electron chi connectivity index (χ0n) is 18.8. The van der Waals surface area contributed by atoms with Gasteiger partial charge in [-0.25, -0.2) is 4.79 Å². The van der Waals surface area contributed by atoms with Crippen LogP contribution in [-0.2, 0) is 6.42 Å². The number of nitrogens with zero attached hydrogens (tertiary/aromatic N) is 2. The predicted molar refractivity (Wildman–Crippen MR) is 131 cm³/mol. The summed E-state index contributed by atoms with van der Waals surface area (Å²) >= 11 is 0. The summed E-state index contributed by atoms with van der Waals surface area (Å²) in [5, 5.41) is 5.97. The summed E-state index contributed by atoms with van der Waals surface area (Å²) in [7, 11) is 5.69. The van der Waals surface area contributed by atoms with Gasteiger partial charge in [0.1, 0.15) is 5.75 Å². The molecule has 1 atom stereocenters. The minimum atomic E-state index is -0.224. The molecule has 0 bridgehead atoms. The summed E-state index contributed by atoms with van der Waals surface area (Å²) in [5.74, 6) is 0.755. The summed E-state index contributed by atoms with van der Waals surface area (Å²) < 4.78 is 5.17. The Balaban J connectivity index is 1.51. The van der Waals surface area contributed by atoms with Crippen LogP contribution in [-0.4, -0.2) is 40.3 Å². The van der Waals surface area contributed by atoms with E-state index in [0.29, 0.717) is 6.54 Å². The Bertz CT molecular complexity index is 1050. The number of rotatable bonds is 7. The van der Waals surface area contributed by atoms with E-state index in [4.69, 9.17) is 4.74 Å². The fourth-order valence-corrected chi connectivity index (χ4v) is 4.13. The molecule has 1 heterocycles. The van der Waals surface area contributed by atoms with Crippen LogP contribution in [0.15, 0.2) is 72.8 Å². The van der Waals surface area contributed by atoms with Gasteiger partial charge in [-0.1, -0.05) is 30.3 Å². The van der Waals surface area contributed by atoms with Gasteiger partial charge in [0.2, 0.25) is 0 Å². The van der Waals surface area contributed by atoms with E-state index >= 15 is 0 Å². The molecule has 1 aliphatic rings. The van der Waals surface area contributed by atoms with E-state index in [1.54, 1.807) is 7.11 Å². The van der Waals surface area contributed by atoms with Crippen molar-refractivity contribution in [1.29, 1.82) is 0 Å². The normalized spacial score (nSPS) is 13.3. The fraction of sp³-hybridized carbons (Fsp3) is 0.269. The summed E-state index contributed by atoms with van der Waals surface area (Å²) in [5.41, 5.74) is 5.65. The van der Waals surface area contributed by atoms with E-state index in [2.05, 4.69) is 69.0 Å². The Kier molecular flexibility index (Phi) is 6.50. The fourth-order valence-electron chi connectivity index (χ4n) is 4.13. The second-order valence-corrected chi connectivity index (χ2v) is 8.14. The Labute approximate surface area is 189 Å². The molecule has 1 unspecified atom stereocenters. The van der Waals surface area contributed by atoms with E-state index < -0.39 is 0 Å². The van der Waals surface area contributed by atoms with Crippen molar-refractivity contribution in [1.82, 2.24) is 5.32 Å². The van der Waals surface area contributed by atoms with Crippen molar-refractivity contribution in [3.8, 4) is 5.75 Å². The number of ether oxygens (including phenoxy) is 1. The number of hydrogen-bond acceptors (Lipinski definition) is 4. The highest BCUT2D eigenvalue weighted by atomic mass is 16.5. The van der Waals surface area contributed by atoms with Crippen molar-refractivity contribution >= 4 is 23.1 Å². The molecule has 6 heteroatoms. The third-order valence-corrected chi connectivity index (χ3v) is 5.90. The summed E-state index contributed by atoms with van der Waals surface area (Å²) in [6, 6.07) is 24.2. The van der Waals surface area contributed by atoms with Gasteiger partial charge in [0.15, 0.2) is 0 Å². The number of carbonyl (C=O) groups excluding carboxylic acids is 1. The minimum Gasteiger partial charge on any atom is -0.497 e. The van der Waals surface area contributed by atoms with Crippen molar-refractivity contribution in [2.75, 3.05) is 49.4 Å². The Morgan fingerprint density at radius 3 is 2.44 bits per heavy atom. The van der Waals surface area contributed by atoms with E-state index in [9.17, 15) is 4.79 Å². The maximum absolute atomic E-state index is 12.6. The molecule has 2 amide bonds. The molecule has 0 spiro atoms. The molecular weight excluding hydrogens is 400 g/mol. The number of nitrogens with one attached hydrogen (secondary N) is 2. The molecule has 32 heavy (non-hydrogen) atoms. The monoisotopic (exact) mass is 430 g/mol. The molecule has 0 aromatic heterocycles. The van der Waals surface area contributed by atoms with Crippen LogP contribution >= 0.6 is 0 Å². The second kappa shape index (κ2) is 9.64. The molecule has 0 saturated heterocycles. The highest BCUT2D eigenvalue weighted by Crippen LogP contribution is 2.35. The topological polar surface area (TPSA) is 56.8 Å². The van der Waals surface area contributed by atoms with Gasteiger partial charge in [0, 0.05) is 44.2 Å². The molecular formula is C26H30N4O2. The van der Waals surface area contributed by atoms with Crippen LogP contribution in [0.5, 0.6) is 5.75 Å². The van der Waals surface area contributed by atoms with E-state index in [0.717, 1.165) is 30.1 Å². The third-order valence-electron chi connectivity index (χ3n) is 5.90. The number of benzene rings is 3. The predicted octanol–water partition coefficient (Wildman–Crippen LogP) is 4.69. The van der Waals surface area contributed by atoms with Crippen LogP contribution in [0.2, 0.25) is 0 Å². The molecule has 4 rings (SSSR count). The highest BCUT2D eigenvalue weighted by Gasteiger charge is 2.27. The van der Waals surface area contributed by atoms with Crippen molar-refractivity contribution < 1.29 is 9.53 Å². The highest BCUT2D eigenvalue weighted by molar-refractivity contribution is 5.89. The van der Waals surface area contributed by atoms with Gasteiger partial charge >= 0.3 is 6.03 Å². The zero-order valence-corrected chi connectivity index (χ0v) is 18.8. The van der Waals surface area contributed by atoms with Crippen LogP contribution in [0.25, 0.3) is 0 Å². The van der Waals surface area contributed by atoms with Crippen LogP contribution < -0.4 is 25.2 Å². The van der Waals surface area contributed by atoms with E-state index in [1.165, 1.54) is 16.8 Å². The lowest BCUT2D eigenvalue weighted by Crippen LogP contribution is -2.39. The van der Waals surface area contributed by atoms with Gasteiger partial charge in [-0.2, -0.15) is 0 Å². The second-order valence-electron chi connectivity index (χ2n) is 8.14. The molecule has 1 aliphatic heterocycles. The zero-order chi connectivity index (χ0) is 22.5. The van der Waals surface area contributed by atoms with Gasteiger partial charge in [-0.05, 0) is 60.0 Å². The molecule has 166 valence electrons. The standard InChI is InChI=1S/C26H30N4O2/c1-29(2)22-12-8-20(9-13-22)25(30-17-16-19-6-4-5-7-24(19)30)18-27-26(31)28-21-10-14-23(32-3)15-11-21/h4-15,25H,16-18H2,1-3H3,(H2,27,28,31). The van der Waals surface area contributed by atoms with Crippen LogP contribution in [0, 0.1) is 0 Å². The maximum Gasteiger partial charge on any atom is 0.319 e. The Morgan fingerprint density at radius 1 is 1.03 bits per heavy atom. The number of anilines is 3. The molecule has 0 saturated carbocycles. The quantitative estimate of drug-likeness (QED) is 0.571. The van der Waals surface area contributed by atoms with Gasteiger partial charge < -0.3 is 25.2 Å². The third kappa shape index (κ3) is 4.80. The average molecular weight is 431 g/mol. The molecule has 0 fully saturated rings. The lowest BCUT2D eigenvalue weighted by molar-refractivity contribution is 0.251. The van der Waals surface area contributed by atoms with Crippen molar-refractivity contribution in [2.45, 2.75) is 12.5 Å². The lowest BCUT2D eigenvalue weighted by Gasteiger charge is -2.31. The molecule has 0 aliphatic carbocycles. The van der Waals surface area contributed by atoms with Crippen molar-refractivity contribution in [3.05, 3.63) is 83.9 Å². The Morgan fingerprint density at radius 2 is 1.75 bits per heavy atom. The lowest BCUT2D eigenvalue weighted by atomic mass is 10.0. The van der Waals surface area contributed by atoms with Crippen LogP contribution in [0.4, 0.5) is 21.9 Å². The van der Waals surface area contributed by atoms with Gasteiger partial charge in [-0.3, -0.25) is 0 Å². The van der Waals surface area contributed by atoms with Crippen LogP contribution in [0.1, 0.15) is 17.2 Å². The average Bonchev–Trinajstić information content (AvgIpc) is 3.24. The number of carbonyl (C=O) groups is 1. The molecule has 2 N–H and O–H groups in total. The smallest absolute Gasteiger partial charge is 0.319 e. The molecule has 3 aromatic rings. The number of hydrogen-bond donors (Lipinski definition) is 2. The SMILES string of the molecule is COc1ccc(NC(=O)NCC(c2ccc(N(C)C)cc2)N2CCc3ccccc32)cc1. The number of fused-ring (bicyclic) bond motifs is 1. The molecule has 3 aromatic carbocycles. The van der Waals surface area contributed by atoms with Crippen LogP contribution in [0.3, 0.4) is 0 Å². The van der Waals surface area contributed by atoms with Crippen molar-refractivity contribution in [3.63, 3.8) is 0 Å². The first-order chi connectivity index (χ1) is 15.5. The number of methoxy groups -OCH3 is 1.